The molecule has 4 heterocycles. The summed E-state index contributed by atoms with van der Waals surface area (Å²) >= 11 is 1.57. The summed E-state index contributed by atoms with van der Waals surface area (Å²) < 4.78 is 13.5. The van der Waals surface area contributed by atoms with Gasteiger partial charge in [-0.1, -0.05) is 6.92 Å². The predicted molar refractivity (Wildman–Crippen MR) is 121 cm³/mol. The van der Waals surface area contributed by atoms with Crippen LogP contribution in [0.5, 0.6) is 5.75 Å². The lowest BCUT2D eigenvalue weighted by molar-refractivity contribution is -0.0374. The summed E-state index contributed by atoms with van der Waals surface area (Å²) in [5.74, 6) is 0.594. The Morgan fingerprint density at radius 3 is 2.91 bits per heavy atom. The topological polar surface area (TPSA) is 80.4 Å². The number of carbonyl (C=O) groups excluding carboxylic acids is 1. The van der Waals surface area contributed by atoms with Crippen molar-refractivity contribution in [2.75, 3.05) is 19.8 Å². The van der Waals surface area contributed by atoms with Crippen LogP contribution in [0.25, 0.3) is 16.9 Å². The van der Waals surface area contributed by atoms with E-state index in [2.05, 4.69) is 6.07 Å². The lowest BCUT2D eigenvalue weighted by Crippen LogP contribution is -2.55. The average Bonchev–Trinajstić information content (AvgIpc) is 3.45. The van der Waals surface area contributed by atoms with Gasteiger partial charge in [0, 0.05) is 23.1 Å². The maximum atomic E-state index is 13.7. The minimum absolute atomic E-state index is 0.124. The Morgan fingerprint density at radius 1 is 1.38 bits per heavy atom. The molecule has 0 spiro atoms. The van der Waals surface area contributed by atoms with E-state index in [9.17, 15) is 10.1 Å². The summed E-state index contributed by atoms with van der Waals surface area (Å²) in [5, 5.41) is 18.5. The van der Waals surface area contributed by atoms with Crippen LogP contribution in [0.3, 0.4) is 0 Å². The Bertz CT molecular complexity index is 1240. The number of ether oxygens (including phenoxy) is 2. The summed E-state index contributed by atoms with van der Waals surface area (Å²) in [6.07, 6.45) is 0.742. The molecule has 0 unspecified atom stereocenters. The molecule has 5 rings (SSSR count). The number of hydrogen-bond acceptors (Lipinski definition) is 6. The fourth-order valence-corrected chi connectivity index (χ4v) is 5.05. The van der Waals surface area contributed by atoms with Gasteiger partial charge in [-0.15, -0.1) is 0 Å². The van der Waals surface area contributed by atoms with Crippen LogP contribution in [0.4, 0.5) is 0 Å². The zero-order chi connectivity index (χ0) is 22.5. The first-order valence-electron chi connectivity index (χ1n) is 10.7. The first-order chi connectivity index (χ1) is 15.4. The molecule has 1 fully saturated rings. The van der Waals surface area contributed by atoms with Crippen molar-refractivity contribution >= 4 is 17.2 Å². The minimum atomic E-state index is -0.425. The van der Waals surface area contributed by atoms with Crippen molar-refractivity contribution in [2.24, 2.45) is 0 Å². The number of nitriles is 1. The van der Waals surface area contributed by atoms with Gasteiger partial charge in [0.2, 0.25) is 0 Å². The maximum absolute atomic E-state index is 13.7. The molecule has 0 N–H and O–H groups in total. The molecule has 7 nitrogen and oxygen atoms in total. The third-order valence-corrected chi connectivity index (χ3v) is 6.83. The lowest BCUT2D eigenvalue weighted by atomic mass is 9.95. The highest BCUT2D eigenvalue weighted by atomic mass is 32.1. The van der Waals surface area contributed by atoms with E-state index in [0.717, 1.165) is 40.2 Å². The second-order valence-electron chi connectivity index (χ2n) is 8.65. The Kier molecular flexibility index (Phi) is 5.03. The second kappa shape index (κ2) is 7.76. The average molecular weight is 449 g/mol. The second-order valence-corrected chi connectivity index (χ2v) is 9.43. The Labute approximate surface area is 190 Å². The van der Waals surface area contributed by atoms with Gasteiger partial charge in [-0.25, -0.2) is 4.68 Å². The number of thiophene rings is 1. The molecule has 1 saturated heterocycles. The Balaban J connectivity index is 1.71. The fourth-order valence-electron chi connectivity index (χ4n) is 4.44. The Morgan fingerprint density at radius 2 is 2.22 bits per heavy atom. The van der Waals surface area contributed by atoms with Gasteiger partial charge in [0.1, 0.15) is 12.4 Å². The van der Waals surface area contributed by atoms with Crippen LogP contribution >= 0.6 is 11.3 Å². The standard InChI is InChI=1S/C24H24N4O3S/c1-4-15-10-20-18(9-16(15)11-25)22-19(12-31-20)21(26-28(22)17-5-8-32-13-17)23(29)27-6-7-30-14-24(27,2)3/h5,8-10,13H,4,6-7,12,14H2,1-3H3. The largest absolute Gasteiger partial charge is 0.488 e. The highest BCUT2D eigenvalue weighted by Crippen LogP contribution is 2.42. The first-order valence-corrected chi connectivity index (χ1v) is 11.6. The van der Waals surface area contributed by atoms with Crippen molar-refractivity contribution in [3.05, 3.63) is 51.3 Å². The predicted octanol–water partition coefficient (Wildman–Crippen LogP) is 4.18. The highest BCUT2D eigenvalue weighted by molar-refractivity contribution is 7.08. The number of morpholine rings is 1. The number of fused-ring (bicyclic) bond motifs is 3. The number of benzene rings is 1. The molecule has 0 atom stereocenters. The molecule has 1 amide bonds. The van der Waals surface area contributed by atoms with E-state index in [1.165, 1.54) is 0 Å². The van der Waals surface area contributed by atoms with Gasteiger partial charge in [-0.2, -0.15) is 21.7 Å². The normalized spacial score (nSPS) is 16.6. The number of carbonyl (C=O) groups is 1. The summed E-state index contributed by atoms with van der Waals surface area (Å²) in [7, 11) is 0. The van der Waals surface area contributed by atoms with Gasteiger partial charge in [-0.05, 0) is 49.4 Å². The molecule has 0 radical (unpaired) electrons. The molecule has 2 aromatic heterocycles. The zero-order valence-electron chi connectivity index (χ0n) is 18.3. The number of amides is 1. The number of hydrogen-bond donors (Lipinski definition) is 0. The molecule has 2 aliphatic heterocycles. The van der Waals surface area contributed by atoms with Crippen LogP contribution in [0, 0.1) is 11.3 Å². The van der Waals surface area contributed by atoms with Crippen molar-refractivity contribution < 1.29 is 14.3 Å². The van der Waals surface area contributed by atoms with Gasteiger partial charge < -0.3 is 14.4 Å². The monoisotopic (exact) mass is 448 g/mol. The van der Waals surface area contributed by atoms with Crippen LogP contribution in [-0.4, -0.2) is 45.9 Å². The van der Waals surface area contributed by atoms with Crippen molar-refractivity contribution in [2.45, 2.75) is 39.3 Å². The van der Waals surface area contributed by atoms with Crippen molar-refractivity contribution in [1.82, 2.24) is 14.7 Å². The molecular weight excluding hydrogens is 424 g/mol. The van der Waals surface area contributed by atoms with Crippen LogP contribution < -0.4 is 4.74 Å². The summed E-state index contributed by atoms with van der Waals surface area (Å²) in [4.78, 5) is 15.5. The van der Waals surface area contributed by atoms with Crippen LogP contribution in [0.15, 0.2) is 29.0 Å². The number of rotatable bonds is 3. The highest BCUT2D eigenvalue weighted by Gasteiger charge is 2.39. The van der Waals surface area contributed by atoms with E-state index in [1.807, 2.05) is 59.3 Å². The van der Waals surface area contributed by atoms with E-state index in [4.69, 9.17) is 14.6 Å². The molecule has 164 valence electrons. The van der Waals surface area contributed by atoms with Crippen molar-refractivity contribution in [3.8, 4) is 28.8 Å². The SMILES string of the molecule is CCc1cc2c(cc1C#N)-c1c(c(C(=O)N3CCOCC3(C)C)nn1-c1ccsc1)CO2. The molecular formula is C24H24N4O3S. The summed E-state index contributed by atoms with van der Waals surface area (Å²) in [5.41, 5.74) is 4.78. The number of aryl methyl sites for hydroxylation is 1. The van der Waals surface area contributed by atoms with Gasteiger partial charge in [0.25, 0.3) is 5.91 Å². The van der Waals surface area contributed by atoms with Gasteiger partial charge in [0.15, 0.2) is 5.69 Å². The van der Waals surface area contributed by atoms with Crippen molar-refractivity contribution in [1.29, 1.82) is 5.26 Å². The molecule has 0 bridgehead atoms. The van der Waals surface area contributed by atoms with Gasteiger partial charge in [0.05, 0.1) is 41.8 Å². The molecule has 8 heteroatoms. The fraction of sp³-hybridized carbons (Fsp3) is 0.375. The Hall–Kier alpha value is -3.15. The molecule has 0 saturated carbocycles. The zero-order valence-corrected chi connectivity index (χ0v) is 19.2. The third kappa shape index (κ3) is 3.20. The summed E-state index contributed by atoms with van der Waals surface area (Å²) in [6.45, 7) is 7.79. The van der Waals surface area contributed by atoms with E-state index in [0.29, 0.717) is 31.0 Å². The number of nitrogens with zero attached hydrogens (tertiary/aromatic N) is 4. The first kappa shape index (κ1) is 20.7. The lowest BCUT2D eigenvalue weighted by Gasteiger charge is -2.41. The van der Waals surface area contributed by atoms with Crippen LogP contribution in [0.1, 0.15) is 48.0 Å². The summed E-state index contributed by atoms with van der Waals surface area (Å²) in [6, 6.07) is 8.08. The van der Waals surface area contributed by atoms with E-state index >= 15 is 0 Å². The van der Waals surface area contributed by atoms with Crippen molar-refractivity contribution in [3.63, 3.8) is 0 Å². The smallest absolute Gasteiger partial charge is 0.275 e. The third-order valence-electron chi connectivity index (χ3n) is 6.16. The molecule has 32 heavy (non-hydrogen) atoms. The molecule has 3 aromatic rings. The molecule has 0 aliphatic carbocycles. The van der Waals surface area contributed by atoms with Gasteiger partial charge in [-0.3, -0.25) is 4.79 Å². The minimum Gasteiger partial charge on any atom is -0.488 e. The van der Waals surface area contributed by atoms with Crippen LogP contribution in [0.2, 0.25) is 0 Å². The van der Waals surface area contributed by atoms with E-state index < -0.39 is 5.54 Å². The van der Waals surface area contributed by atoms with E-state index in [1.54, 1.807) is 11.3 Å². The molecule has 2 aliphatic rings. The van der Waals surface area contributed by atoms with Gasteiger partial charge >= 0.3 is 0 Å². The van der Waals surface area contributed by atoms with Crippen LogP contribution in [-0.2, 0) is 17.8 Å². The molecule has 1 aromatic carbocycles. The van der Waals surface area contributed by atoms with E-state index in [-0.39, 0.29) is 12.5 Å². The number of aromatic nitrogens is 2. The quantitative estimate of drug-likeness (QED) is 0.601. The maximum Gasteiger partial charge on any atom is 0.275 e.